The van der Waals surface area contributed by atoms with E-state index in [0.717, 1.165) is 25.9 Å². The van der Waals surface area contributed by atoms with Gasteiger partial charge in [0.2, 0.25) is 5.91 Å². The zero-order valence-corrected chi connectivity index (χ0v) is 13.1. The molecule has 2 rings (SSSR count). The van der Waals surface area contributed by atoms with Crippen LogP contribution in [-0.2, 0) is 6.54 Å². The summed E-state index contributed by atoms with van der Waals surface area (Å²) in [4.78, 5) is 24.0. The van der Waals surface area contributed by atoms with E-state index < -0.39 is 10.8 Å². The Morgan fingerprint density at radius 3 is 2.77 bits per heavy atom. The van der Waals surface area contributed by atoms with Crippen LogP contribution in [0.3, 0.4) is 0 Å². The molecular weight excluding hydrogens is 308 g/mol. The number of nitrogens with two attached hydrogens (primary N) is 2. The predicted molar refractivity (Wildman–Crippen MR) is 85.9 cm³/mol. The Kier molecular flexibility index (Phi) is 6.73. The second-order valence-electron chi connectivity index (χ2n) is 5.44. The van der Waals surface area contributed by atoms with Gasteiger partial charge in [0.1, 0.15) is 0 Å². The maximum Gasteiger partial charge on any atom is 0.274 e. The summed E-state index contributed by atoms with van der Waals surface area (Å²) in [5.74, 6) is -0.214. The molecule has 0 aliphatic carbocycles. The number of rotatable bonds is 5. The molecule has 1 amide bonds. The first kappa shape index (κ1) is 18.3. The summed E-state index contributed by atoms with van der Waals surface area (Å²) >= 11 is 0. The zero-order chi connectivity index (χ0) is 15.4. The van der Waals surface area contributed by atoms with E-state index >= 15 is 0 Å². The number of amides is 1. The average molecular weight is 329 g/mol. The SMILES string of the molecule is Cl.NCC1CCCN(Cc2ccc(C(N)=O)cc2[N+](=O)[O-])C1. The highest BCUT2D eigenvalue weighted by atomic mass is 35.5. The van der Waals surface area contributed by atoms with Gasteiger partial charge < -0.3 is 11.5 Å². The van der Waals surface area contributed by atoms with Gasteiger partial charge in [0.25, 0.3) is 5.69 Å². The lowest BCUT2D eigenvalue weighted by atomic mass is 9.97. The molecule has 1 heterocycles. The van der Waals surface area contributed by atoms with E-state index in [-0.39, 0.29) is 23.7 Å². The van der Waals surface area contributed by atoms with Crippen LogP contribution < -0.4 is 11.5 Å². The Bertz CT molecular complexity index is 553. The third-order valence-electron chi connectivity index (χ3n) is 3.90. The minimum Gasteiger partial charge on any atom is -0.366 e. The molecule has 0 radical (unpaired) electrons. The molecule has 0 saturated carbocycles. The molecule has 1 atom stereocenters. The fourth-order valence-corrected chi connectivity index (χ4v) is 2.75. The molecule has 22 heavy (non-hydrogen) atoms. The lowest BCUT2D eigenvalue weighted by Crippen LogP contribution is -2.37. The standard InChI is InChI=1S/C14H20N4O3.ClH/c15-7-10-2-1-5-17(8-10)9-12-4-3-11(14(16)19)6-13(12)18(20)21;/h3-4,6,10H,1-2,5,7-9,15H2,(H2,16,19);1H. The van der Waals surface area contributed by atoms with Crippen molar-refractivity contribution in [3.8, 4) is 0 Å². The number of nitro groups is 1. The molecule has 0 spiro atoms. The third-order valence-corrected chi connectivity index (χ3v) is 3.90. The van der Waals surface area contributed by atoms with E-state index in [4.69, 9.17) is 11.5 Å². The second kappa shape index (κ2) is 8.07. The summed E-state index contributed by atoms with van der Waals surface area (Å²) in [5, 5.41) is 11.2. The predicted octanol–water partition coefficient (Wildman–Crippen LogP) is 1.29. The smallest absolute Gasteiger partial charge is 0.274 e. The molecule has 1 unspecified atom stereocenters. The lowest BCUT2D eigenvalue weighted by Gasteiger charge is -2.31. The van der Waals surface area contributed by atoms with Crippen LogP contribution in [0, 0.1) is 16.0 Å². The maximum atomic E-state index is 11.2. The number of halogens is 1. The first-order valence-electron chi connectivity index (χ1n) is 7.00. The average Bonchev–Trinajstić information content (AvgIpc) is 2.47. The number of carbonyl (C=O) groups excluding carboxylic acids is 1. The van der Waals surface area contributed by atoms with E-state index in [2.05, 4.69) is 4.90 Å². The quantitative estimate of drug-likeness (QED) is 0.624. The van der Waals surface area contributed by atoms with Crippen molar-refractivity contribution in [1.29, 1.82) is 0 Å². The first-order valence-corrected chi connectivity index (χ1v) is 7.00. The van der Waals surface area contributed by atoms with Crippen molar-refractivity contribution in [1.82, 2.24) is 4.90 Å². The molecule has 122 valence electrons. The molecule has 1 aliphatic heterocycles. The van der Waals surface area contributed by atoms with Gasteiger partial charge in [-0.2, -0.15) is 0 Å². The van der Waals surface area contributed by atoms with Crippen molar-refractivity contribution >= 4 is 24.0 Å². The van der Waals surface area contributed by atoms with Gasteiger partial charge in [0.15, 0.2) is 0 Å². The molecule has 1 fully saturated rings. The number of hydrogen-bond donors (Lipinski definition) is 2. The Morgan fingerprint density at radius 2 is 2.18 bits per heavy atom. The molecule has 1 aliphatic rings. The Morgan fingerprint density at radius 1 is 1.45 bits per heavy atom. The van der Waals surface area contributed by atoms with Gasteiger partial charge in [-0.1, -0.05) is 6.07 Å². The van der Waals surface area contributed by atoms with E-state index in [1.54, 1.807) is 6.07 Å². The Hall–Kier alpha value is -1.70. The van der Waals surface area contributed by atoms with Gasteiger partial charge in [-0.25, -0.2) is 0 Å². The van der Waals surface area contributed by atoms with Gasteiger partial charge >= 0.3 is 0 Å². The summed E-state index contributed by atoms with van der Waals surface area (Å²) in [7, 11) is 0. The number of carbonyl (C=O) groups is 1. The molecule has 1 saturated heterocycles. The minimum atomic E-state index is -0.661. The number of nitrogens with zero attached hydrogens (tertiary/aromatic N) is 2. The van der Waals surface area contributed by atoms with Crippen LogP contribution in [-0.4, -0.2) is 35.4 Å². The van der Waals surface area contributed by atoms with Gasteiger partial charge in [0, 0.05) is 30.3 Å². The van der Waals surface area contributed by atoms with Crippen molar-refractivity contribution in [3.05, 3.63) is 39.4 Å². The minimum absolute atomic E-state index is 0. The molecule has 1 aromatic carbocycles. The highest BCUT2D eigenvalue weighted by molar-refractivity contribution is 5.93. The lowest BCUT2D eigenvalue weighted by molar-refractivity contribution is -0.385. The summed E-state index contributed by atoms with van der Waals surface area (Å²) < 4.78 is 0. The van der Waals surface area contributed by atoms with Gasteiger partial charge in [-0.15, -0.1) is 12.4 Å². The van der Waals surface area contributed by atoms with Crippen LogP contribution in [0.5, 0.6) is 0 Å². The van der Waals surface area contributed by atoms with Gasteiger partial charge in [-0.05, 0) is 37.9 Å². The van der Waals surface area contributed by atoms with Crippen LogP contribution in [0.15, 0.2) is 18.2 Å². The summed E-state index contributed by atoms with van der Waals surface area (Å²) in [5.41, 5.74) is 11.6. The molecule has 8 heteroatoms. The van der Waals surface area contributed by atoms with Gasteiger partial charge in [0.05, 0.1) is 4.92 Å². The maximum absolute atomic E-state index is 11.2. The van der Waals surface area contributed by atoms with Crippen molar-refractivity contribution in [3.63, 3.8) is 0 Å². The van der Waals surface area contributed by atoms with Crippen LogP contribution in [0.25, 0.3) is 0 Å². The number of primary amides is 1. The highest BCUT2D eigenvalue weighted by Gasteiger charge is 2.22. The Labute approximate surface area is 135 Å². The third kappa shape index (κ3) is 4.40. The topological polar surface area (TPSA) is 115 Å². The van der Waals surface area contributed by atoms with Crippen molar-refractivity contribution in [2.45, 2.75) is 19.4 Å². The van der Waals surface area contributed by atoms with E-state index in [9.17, 15) is 14.9 Å². The molecule has 7 nitrogen and oxygen atoms in total. The molecule has 4 N–H and O–H groups in total. The first-order chi connectivity index (χ1) is 10.0. The van der Waals surface area contributed by atoms with E-state index in [0.29, 0.717) is 24.6 Å². The fourth-order valence-electron chi connectivity index (χ4n) is 2.75. The summed E-state index contributed by atoms with van der Waals surface area (Å²) in [6.45, 7) is 2.89. The van der Waals surface area contributed by atoms with Crippen molar-refractivity contribution in [2.24, 2.45) is 17.4 Å². The Balaban J connectivity index is 0.00000242. The van der Waals surface area contributed by atoms with Crippen LogP contribution in [0.4, 0.5) is 5.69 Å². The normalized spacial score (nSPS) is 18.5. The molecule has 0 aromatic heterocycles. The van der Waals surface area contributed by atoms with Crippen LogP contribution in [0.2, 0.25) is 0 Å². The summed E-state index contributed by atoms with van der Waals surface area (Å²) in [6.07, 6.45) is 2.16. The number of benzene rings is 1. The van der Waals surface area contributed by atoms with Crippen molar-refractivity contribution in [2.75, 3.05) is 19.6 Å². The molecule has 1 aromatic rings. The fraction of sp³-hybridized carbons (Fsp3) is 0.500. The largest absolute Gasteiger partial charge is 0.366 e. The number of nitro benzene ring substituents is 1. The number of likely N-dealkylation sites (tertiary alicyclic amines) is 1. The molecular formula is C14H21ClN4O3. The number of hydrogen-bond acceptors (Lipinski definition) is 5. The zero-order valence-electron chi connectivity index (χ0n) is 12.2. The van der Waals surface area contributed by atoms with E-state index in [1.165, 1.54) is 12.1 Å². The second-order valence-corrected chi connectivity index (χ2v) is 5.44. The number of piperidine rings is 1. The monoisotopic (exact) mass is 328 g/mol. The highest BCUT2D eigenvalue weighted by Crippen LogP contribution is 2.24. The van der Waals surface area contributed by atoms with Crippen LogP contribution >= 0.6 is 12.4 Å². The van der Waals surface area contributed by atoms with E-state index in [1.807, 2.05) is 0 Å². The van der Waals surface area contributed by atoms with Crippen LogP contribution in [0.1, 0.15) is 28.8 Å². The summed E-state index contributed by atoms with van der Waals surface area (Å²) in [6, 6.07) is 4.40. The van der Waals surface area contributed by atoms with Crippen molar-refractivity contribution < 1.29 is 9.72 Å². The molecule has 0 bridgehead atoms. The van der Waals surface area contributed by atoms with Gasteiger partial charge in [-0.3, -0.25) is 19.8 Å².